The van der Waals surface area contributed by atoms with E-state index in [0.717, 1.165) is 40.3 Å². The van der Waals surface area contributed by atoms with Crippen molar-refractivity contribution in [3.63, 3.8) is 0 Å². The number of aryl methyl sites for hydroxylation is 1. The Kier molecular flexibility index (Phi) is 11.8. The van der Waals surface area contributed by atoms with E-state index in [1.807, 2.05) is 26.0 Å². The Balaban J connectivity index is 0.00000230. The van der Waals surface area contributed by atoms with Gasteiger partial charge in [-0.3, -0.25) is 0 Å². The molecule has 0 saturated carbocycles. The predicted octanol–water partition coefficient (Wildman–Crippen LogP) is 13.3. The Morgan fingerprint density at radius 2 is 1.24 bits per heavy atom. The fraction of sp³-hybridized carbons (Fsp3) is 0.106. The van der Waals surface area contributed by atoms with Crippen LogP contribution in [0.2, 0.25) is 0 Å². The molecule has 6 rings (SSSR count). The van der Waals surface area contributed by atoms with Gasteiger partial charge < -0.3 is 9.80 Å². The van der Waals surface area contributed by atoms with Gasteiger partial charge in [0.25, 0.3) is 0 Å². The molecule has 0 spiro atoms. The van der Waals surface area contributed by atoms with Gasteiger partial charge in [0.1, 0.15) is 0 Å². The van der Waals surface area contributed by atoms with Crippen LogP contribution < -0.4 is 9.80 Å². The summed E-state index contributed by atoms with van der Waals surface area (Å²) in [5.74, 6) is 0. The summed E-state index contributed by atoms with van der Waals surface area (Å²) >= 11 is 0. The highest BCUT2D eigenvalue weighted by atomic mass is 15.1. The third-order valence-corrected chi connectivity index (χ3v) is 8.56. The van der Waals surface area contributed by atoms with Gasteiger partial charge in [-0.1, -0.05) is 136 Å². The van der Waals surface area contributed by atoms with Gasteiger partial charge in [-0.05, 0) is 113 Å². The molecule has 2 nitrogen and oxygen atoms in total. The van der Waals surface area contributed by atoms with E-state index in [1.54, 1.807) is 6.08 Å². The first-order valence-corrected chi connectivity index (χ1v) is 17.0. The van der Waals surface area contributed by atoms with Crippen LogP contribution in [-0.2, 0) is 0 Å². The lowest BCUT2D eigenvalue weighted by molar-refractivity contribution is 1.20. The molecule has 0 atom stereocenters. The number of nitrogens with zero attached hydrogens (tertiary/aromatic N) is 2. The Bertz CT molecular complexity index is 1970. The molecule has 0 saturated heterocycles. The van der Waals surface area contributed by atoms with Crippen LogP contribution in [0.5, 0.6) is 0 Å². The van der Waals surface area contributed by atoms with Crippen molar-refractivity contribution in [1.82, 2.24) is 0 Å². The second-order valence-electron chi connectivity index (χ2n) is 11.7. The third kappa shape index (κ3) is 8.36. The average Bonchev–Trinajstić information content (AvgIpc) is 3.42. The zero-order valence-corrected chi connectivity index (χ0v) is 29.2. The first kappa shape index (κ1) is 34.5. The molecule has 0 aromatic heterocycles. The molecule has 0 unspecified atom stereocenters. The van der Waals surface area contributed by atoms with Crippen LogP contribution in [0.15, 0.2) is 189 Å². The van der Waals surface area contributed by atoms with Gasteiger partial charge in [0.2, 0.25) is 0 Å². The van der Waals surface area contributed by atoms with Crippen molar-refractivity contribution in [1.29, 1.82) is 0 Å². The standard InChI is InChI=1S/C45H40N2.C2H6/c1-5-12-35(6-2)38-22-29-43(30-23-38)47(42-17-11-16-37(21-28-42)36-14-8-7-9-15-36)44-31-24-40(25-32-44)39-19-26-41(27-20-39)46(4)45-18-10-13-34(3)33-45;1-2/h5-15,17-33H,1-2,16H2,3-4H3;1-2H3/b35-12+;. The van der Waals surface area contributed by atoms with E-state index in [4.69, 9.17) is 0 Å². The van der Waals surface area contributed by atoms with E-state index < -0.39 is 0 Å². The molecule has 5 aromatic rings. The molecule has 0 amide bonds. The molecule has 1 aliphatic carbocycles. The SMILES string of the molecule is C=C/C=C(\C=C)c1ccc(N(C2=CC=C(c3ccccc3)CC=C2)c2ccc(-c3ccc(N(C)c4cccc(C)c4)cc3)cc2)cc1.CC. The minimum absolute atomic E-state index is 0.875. The summed E-state index contributed by atoms with van der Waals surface area (Å²) in [5.41, 5.74) is 13.9. The molecule has 0 aliphatic heterocycles. The van der Waals surface area contributed by atoms with E-state index in [1.165, 1.54) is 33.5 Å². The van der Waals surface area contributed by atoms with Crippen LogP contribution in [0, 0.1) is 6.92 Å². The van der Waals surface area contributed by atoms with Crippen LogP contribution in [0.3, 0.4) is 0 Å². The molecular formula is C47H46N2. The normalized spacial score (nSPS) is 12.4. The van der Waals surface area contributed by atoms with E-state index in [2.05, 4.69) is 189 Å². The second kappa shape index (κ2) is 16.8. The molecule has 5 aromatic carbocycles. The Hall–Kier alpha value is -5.86. The monoisotopic (exact) mass is 638 g/mol. The smallest absolute Gasteiger partial charge is 0.0462 e. The third-order valence-electron chi connectivity index (χ3n) is 8.56. The van der Waals surface area contributed by atoms with E-state index in [0.29, 0.717) is 0 Å². The molecule has 0 bridgehead atoms. The minimum atomic E-state index is 0.875. The van der Waals surface area contributed by atoms with Crippen molar-refractivity contribution >= 4 is 33.9 Å². The first-order chi connectivity index (χ1) is 24.0. The Labute approximate surface area is 293 Å². The van der Waals surface area contributed by atoms with Gasteiger partial charge in [0.05, 0.1) is 0 Å². The lowest BCUT2D eigenvalue weighted by atomic mass is 10.0. The zero-order valence-electron chi connectivity index (χ0n) is 29.2. The summed E-state index contributed by atoms with van der Waals surface area (Å²) in [4.78, 5) is 4.54. The number of allylic oxidation sites excluding steroid dienone is 9. The van der Waals surface area contributed by atoms with Crippen LogP contribution in [0.1, 0.15) is 37.0 Å². The topological polar surface area (TPSA) is 6.48 Å². The number of hydrogen-bond donors (Lipinski definition) is 0. The largest absolute Gasteiger partial charge is 0.345 e. The van der Waals surface area contributed by atoms with E-state index in [-0.39, 0.29) is 0 Å². The minimum Gasteiger partial charge on any atom is -0.345 e. The quantitative estimate of drug-likeness (QED) is 0.140. The highest BCUT2D eigenvalue weighted by Crippen LogP contribution is 2.35. The van der Waals surface area contributed by atoms with Gasteiger partial charge in [-0.15, -0.1) is 0 Å². The van der Waals surface area contributed by atoms with Crippen LogP contribution in [0.25, 0.3) is 22.3 Å². The maximum absolute atomic E-state index is 3.99. The second-order valence-corrected chi connectivity index (χ2v) is 11.7. The summed E-state index contributed by atoms with van der Waals surface area (Å²) in [6, 6.07) is 45.5. The summed E-state index contributed by atoms with van der Waals surface area (Å²) in [5, 5.41) is 0. The van der Waals surface area contributed by atoms with Crippen LogP contribution in [-0.4, -0.2) is 7.05 Å². The van der Waals surface area contributed by atoms with Gasteiger partial charge in [-0.2, -0.15) is 0 Å². The molecule has 0 fully saturated rings. The molecular weight excluding hydrogens is 593 g/mol. The molecule has 0 radical (unpaired) electrons. The Morgan fingerprint density at radius 3 is 1.84 bits per heavy atom. The summed E-state index contributed by atoms with van der Waals surface area (Å²) in [7, 11) is 2.11. The van der Waals surface area contributed by atoms with E-state index in [9.17, 15) is 0 Å². The van der Waals surface area contributed by atoms with Crippen LogP contribution in [0.4, 0.5) is 22.7 Å². The lowest BCUT2D eigenvalue weighted by Gasteiger charge is -2.27. The number of hydrogen-bond acceptors (Lipinski definition) is 2. The van der Waals surface area contributed by atoms with Crippen LogP contribution >= 0.6 is 0 Å². The van der Waals surface area contributed by atoms with Crippen molar-refractivity contribution in [3.05, 3.63) is 205 Å². The summed E-state index contributed by atoms with van der Waals surface area (Å²) in [6.07, 6.45) is 15.5. The Morgan fingerprint density at radius 1 is 0.633 bits per heavy atom. The molecule has 244 valence electrons. The first-order valence-electron chi connectivity index (χ1n) is 17.0. The highest BCUT2D eigenvalue weighted by molar-refractivity contribution is 5.80. The average molecular weight is 639 g/mol. The van der Waals surface area contributed by atoms with Crippen molar-refractivity contribution in [2.45, 2.75) is 27.2 Å². The van der Waals surface area contributed by atoms with E-state index >= 15 is 0 Å². The fourth-order valence-corrected chi connectivity index (χ4v) is 5.96. The lowest BCUT2D eigenvalue weighted by Crippen LogP contribution is -2.15. The zero-order chi connectivity index (χ0) is 34.6. The molecule has 49 heavy (non-hydrogen) atoms. The maximum atomic E-state index is 3.99. The molecule has 1 aliphatic rings. The molecule has 0 heterocycles. The maximum Gasteiger partial charge on any atom is 0.0462 e. The van der Waals surface area contributed by atoms with Crippen molar-refractivity contribution in [3.8, 4) is 11.1 Å². The summed E-state index contributed by atoms with van der Waals surface area (Å²) in [6.45, 7) is 14.0. The van der Waals surface area contributed by atoms with Crippen molar-refractivity contribution in [2.75, 3.05) is 16.8 Å². The summed E-state index contributed by atoms with van der Waals surface area (Å²) < 4.78 is 0. The number of rotatable bonds is 10. The molecule has 0 N–H and O–H groups in total. The number of benzene rings is 5. The molecule has 2 heteroatoms. The number of anilines is 4. The van der Waals surface area contributed by atoms with Crippen molar-refractivity contribution in [2.24, 2.45) is 0 Å². The highest BCUT2D eigenvalue weighted by Gasteiger charge is 2.15. The van der Waals surface area contributed by atoms with Gasteiger partial charge in [-0.25, -0.2) is 0 Å². The predicted molar refractivity (Wildman–Crippen MR) is 216 cm³/mol. The van der Waals surface area contributed by atoms with Gasteiger partial charge in [0.15, 0.2) is 0 Å². The fourth-order valence-electron chi connectivity index (χ4n) is 5.96. The van der Waals surface area contributed by atoms with Crippen molar-refractivity contribution < 1.29 is 0 Å². The van der Waals surface area contributed by atoms with Gasteiger partial charge >= 0.3 is 0 Å². The van der Waals surface area contributed by atoms with Gasteiger partial charge in [0, 0.05) is 35.5 Å².